The summed E-state index contributed by atoms with van der Waals surface area (Å²) in [6, 6.07) is 2.06. The largest absolute Gasteiger partial charge is 0.358 e. The summed E-state index contributed by atoms with van der Waals surface area (Å²) in [6.07, 6.45) is 9.44. The maximum absolute atomic E-state index is 4.77. The molecule has 0 bridgehead atoms. The van der Waals surface area contributed by atoms with E-state index in [0.717, 1.165) is 43.6 Å². The average Bonchev–Trinajstić information content (AvgIpc) is 3.06. The lowest BCUT2D eigenvalue weighted by atomic mass is 10.1. The molecule has 1 saturated heterocycles. The minimum atomic E-state index is 0.879. The Balaban J connectivity index is 1.70. The Kier molecular flexibility index (Phi) is 4.56. The van der Waals surface area contributed by atoms with Crippen LogP contribution in [0.3, 0.4) is 0 Å². The number of anilines is 2. The number of hydrogen-bond acceptors (Lipinski definition) is 5. The van der Waals surface area contributed by atoms with Crippen molar-refractivity contribution in [3.8, 4) is 0 Å². The third kappa shape index (κ3) is 3.55. The lowest BCUT2D eigenvalue weighted by Gasteiger charge is -2.28. The van der Waals surface area contributed by atoms with Gasteiger partial charge in [-0.15, -0.1) is 0 Å². The molecule has 0 N–H and O–H groups in total. The topological polar surface area (TPSA) is 50.1 Å². The van der Waals surface area contributed by atoms with E-state index in [1.165, 1.54) is 19.3 Å². The average molecular weight is 300 g/mol. The standard InChI is InChI=1S/C16H24N6/c1-14-12-15(20(2)10-11-21-9-6-17-13-21)19-16(18-14)22-7-4-3-5-8-22/h6,9,12-13H,3-5,7-8,10-11H2,1-2H3. The van der Waals surface area contributed by atoms with Crippen molar-refractivity contribution in [1.82, 2.24) is 19.5 Å². The molecule has 1 fully saturated rings. The third-order valence-electron chi connectivity index (χ3n) is 4.11. The summed E-state index contributed by atoms with van der Waals surface area (Å²) in [7, 11) is 2.08. The molecule has 6 heteroatoms. The Hall–Kier alpha value is -2.11. The highest BCUT2D eigenvalue weighted by Crippen LogP contribution is 2.20. The van der Waals surface area contributed by atoms with Crippen LogP contribution in [-0.2, 0) is 6.54 Å². The molecule has 0 aliphatic carbocycles. The first-order chi connectivity index (χ1) is 10.7. The van der Waals surface area contributed by atoms with E-state index in [9.17, 15) is 0 Å². The van der Waals surface area contributed by atoms with E-state index < -0.39 is 0 Å². The normalized spacial score (nSPS) is 15.1. The predicted molar refractivity (Wildman–Crippen MR) is 88.3 cm³/mol. The maximum atomic E-state index is 4.77. The molecule has 0 saturated carbocycles. The molecule has 2 aromatic rings. The van der Waals surface area contributed by atoms with Gasteiger partial charge in [0, 0.05) is 57.4 Å². The predicted octanol–water partition coefficient (Wildman–Crippen LogP) is 2.11. The third-order valence-corrected chi connectivity index (χ3v) is 4.11. The maximum Gasteiger partial charge on any atom is 0.227 e. The van der Waals surface area contributed by atoms with Gasteiger partial charge < -0.3 is 14.4 Å². The van der Waals surface area contributed by atoms with Crippen LogP contribution >= 0.6 is 0 Å². The molecule has 1 aliphatic rings. The minimum absolute atomic E-state index is 0.879. The fraction of sp³-hybridized carbons (Fsp3) is 0.562. The van der Waals surface area contributed by atoms with Crippen molar-refractivity contribution in [2.75, 3.05) is 36.5 Å². The molecule has 0 spiro atoms. The second-order valence-corrected chi connectivity index (χ2v) is 5.94. The number of piperidine rings is 1. The lowest BCUT2D eigenvalue weighted by Crippen LogP contribution is -2.32. The zero-order valence-electron chi connectivity index (χ0n) is 13.4. The van der Waals surface area contributed by atoms with Gasteiger partial charge in [-0.1, -0.05) is 0 Å². The van der Waals surface area contributed by atoms with E-state index in [-0.39, 0.29) is 0 Å². The molecule has 0 radical (unpaired) electrons. The van der Waals surface area contributed by atoms with Crippen molar-refractivity contribution in [2.45, 2.75) is 32.7 Å². The van der Waals surface area contributed by atoms with E-state index in [1.807, 2.05) is 25.6 Å². The van der Waals surface area contributed by atoms with E-state index in [2.05, 4.69) is 37.4 Å². The van der Waals surface area contributed by atoms with Crippen molar-refractivity contribution in [1.29, 1.82) is 0 Å². The molecule has 0 aromatic carbocycles. The Bertz CT molecular complexity index is 589. The van der Waals surface area contributed by atoms with Crippen LogP contribution < -0.4 is 9.80 Å². The van der Waals surface area contributed by atoms with Crippen molar-refractivity contribution in [3.05, 3.63) is 30.5 Å². The van der Waals surface area contributed by atoms with Crippen molar-refractivity contribution in [2.24, 2.45) is 0 Å². The second kappa shape index (κ2) is 6.77. The Morgan fingerprint density at radius 2 is 2.00 bits per heavy atom. The summed E-state index contributed by atoms with van der Waals surface area (Å²) < 4.78 is 2.08. The molecule has 1 aliphatic heterocycles. The van der Waals surface area contributed by atoms with Gasteiger partial charge in [-0.25, -0.2) is 9.97 Å². The number of rotatable bonds is 5. The van der Waals surface area contributed by atoms with Gasteiger partial charge in [-0.2, -0.15) is 4.98 Å². The van der Waals surface area contributed by atoms with E-state index >= 15 is 0 Å². The number of aromatic nitrogens is 4. The summed E-state index contributed by atoms with van der Waals surface area (Å²) in [5, 5.41) is 0. The van der Waals surface area contributed by atoms with Crippen LogP contribution in [0.2, 0.25) is 0 Å². The smallest absolute Gasteiger partial charge is 0.227 e. The number of aryl methyl sites for hydroxylation is 1. The SMILES string of the molecule is Cc1cc(N(C)CCn2ccnc2)nc(N2CCCCC2)n1. The lowest BCUT2D eigenvalue weighted by molar-refractivity contribution is 0.567. The molecule has 3 rings (SSSR count). The first-order valence-electron chi connectivity index (χ1n) is 8.00. The summed E-state index contributed by atoms with van der Waals surface area (Å²) in [5.74, 6) is 1.87. The summed E-state index contributed by atoms with van der Waals surface area (Å²) in [4.78, 5) is 18.0. The highest BCUT2D eigenvalue weighted by Gasteiger charge is 2.15. The molecule has 118 valence electrons. The summed E-state index contributed by atoms with van der Waals surface area (Å²) in [6.45, 7) is 5.98. The molecule has 2 aromatic heterocycles. The van der Waals surface area contributed by atoms with Crippen LogP contribution in [-0.4, -0.2) is 46.2 Å². The Morgan fingerprint density at radius 1 is 1.18 bits per heavy atom. The van der Waals surface area contributed by atoms with Crippen molar-refractivity contribution >= 4 is 11.8 Å². The zero-order chi connectivity index (χ0) is 15.4. The van der Waals surface area contributed by atoms with Gasteiger partial charge in [0.15, 0.2) is 0 Å². The molecule has 3 heterocycles. The van der Waals surface area contributed by atoms with Gasteiger partial charge >= 0.3 is 0 Å². The molecular formula is C16H24N6. The number of imidazole rings is 1. The first-order valence-corrected chi connectivity index (χ1v) is 8.00. The fourth-order valence-corrected chi connectivity index (χ4v) is 2.77. The van der Waals surface area contributed by atoms with Gasteiger partial charge in [0.2, 0.25) is 5.95 Å². The van der Waals surface area contributed by atoms with Gasteiger partial charge in [-0.3, -0.25) is 0 Å². The van der Waals surface area contributed by atoms with Crippen molar-refractivity contribution < 1.29 is 0 Å². The summed E-state index contributed by atoms with van der Waals surface area (Å²) >= 11 is 0. The van der Waals surface area contributed by atoms with Crippen LogP contribution in [0.5, 0.6) is 0 Å². The quantitative estimate of drug-likeness (QED) is 0.846. The molecule has 0 amide bonds. The first kappa shape index (κ1) is 14.8. The number of nitrogens with zero attached hydrogens (tertiary/aromatic N) is 6. The van der Waals surface area contributed by atoms with Crippen LogP contribution in [0, 0.1) is 6.92 Å². The number of likely N-dealkylation sites (N-methyl/N-ethyl adjacent to an activating group) is 1. The molecule has 0 atom stereocenters. The number of hydrogen-bond donors (Lipinski definition) is 0. The van der Waals surface area contributed by atoms with Crippen LogP contribution in [0.15, 0.2) is 24.8 Å². The molecular weight excluding hydrogens is 276 g/mol. The van der Waals surface area contributed by atoms with E-state index in [4.69, 9.17) is 4.98 Å². The van der Waals surface area contributed by atoms with Crippen LogP contribution in [0.1, 0.15) is 25.0 Å². The minimum Gasteiger partial charge on any atom is -0.358 e. The monoisotopic (exact) mass is 300 g/mol. The molecule has 22 heavy (non-hydrogen) atoms. The van der Waals surface area contributed by atoms with Crippen molar-refractivity contribution in [3.63, 3.8) is 0 Å². The Labute approximate surface area is 131 Å². The van der Waals surface area contributed by atoms with Crippen LogP contribution in [0.25, 0.3) is 0 Å². The van der Waals surface area contributed by atoms with Gasteiger partial charge in [0.1, 0.15) is 5.82 Å². The second-order valence-electron chi connectivity index (χ2n) is 5.94. The van der Waals surface area contributed by atoms with E-state index in [0.29, 0.717) is 0 Å². The van der Waals surface area contributed by atoms with Gasteiger partial charge in [-0.05, 0) is 26.2 Å². The highest BCUT2D eigenvalue weighted by atomic mass is 15.3. The molecule has 0 unspecified atom stereocenters. The van der Waals surface area contributed by atoms with Gasteiger partial charge in [0.25, 0.3) is 0 Å². The molecule has 6 nitrogen and oxygen atoms in total. The van der Waals surface area contributed by atoms with Gasteiger partial charge in [0.05, 0.1) is 6.33 Å². The van der Waals surface area contributed by atoms with Crippen LogP contribution in [0.4, 0.5) is 11.8 Å². The summed E-state index contributed by atoms with van der Waals surface area (Å²) in [5.41, 5.74) is 1.03. The van der Waals surface area contributed by atoms with E-state index in [1.54, 1.807) is 0 Å². The highest BCUT2D eigenvalue weighted by molar-refractivity contribution is 5.45. The zero-order valence-corrected chi connectivity index (χ0v) is 13.4. The Morgan fingerprint density at radius 3 is 2.73 bits per heavy atom. The fourth-order valence-electron chi connectivity index (χ4n) is 2.77.